The largest absolute Gasteiger partial charge is 0.416 e. The summed E-state index contributed by atoms with van der Waals surface area (Å²) < 4.78 is 41.3. The van der Waals surface area contributed by atoms with Gasteiger partial charge in [0, 0.05) is 44.1 Å². The molecule has 1 aliphatic carbocycles. The standard InChI is InChI=1S/C23H25F3N6/c1-27-21(30-14-17-6-9-29-20(12-17)32-11-10-28-16-32)31-15-22(7-3-8-22)18-4-2-5-19(13-18)23(24,25)26/h2,4-6,9-13,16H,3,7-8,14-15H2,1H3,(H2,27,30,31). The van der Waals surface area contributed by atoms with Crippen LogP contribution in [-0.4, -0.2) is 34.1 Å². The van der Waals surface area contributed by atoms with Gasteiger partial charge in [0.15, 0.2) is 5.96 Å². The molecule has 0 amide bonds. The summed E-state index contributed by atoms with van der Waals surface area (Å²) in [6.45, 7) is 1.05. The van der Waals surface area contributed by atoms with Crippen LogP contribution < -0.4 is 10.6 Å². The predicted molar refractivity (Wildman–Crippen MR) is 117 cm³/mol. The Labute approximate surface area is 184 Å². The van der Waals surface area contributed by atoms with Gasteiger partial charge < -0.3 is 10.6 Å². The number of aliphatic imine (C=N–C) groups is 1. The minimum Gasteiger partial charge on any atom is -0.356 e. The maximum absolute atomic E-state index is 13.2. The molecule has 4 rings (SSSR count). The normalized spacial score (nSPS) is 15.8. The summed E-state index contributed by atoms with van der Waals surface area (Å²) in [5.41, 5.74) is 0.822. The van der Waals surface area contributed by atoms with Crippen LogP contribution in [-0.2, 0) is 18.1 Å². The molecule has 2 N–H and O–H groups in total. The molecule has 0 bridgehead atoms. The van der Waals surface area contributed by atoms with Crippen LogP contribution in [0.2, 0.25) is 0 Å². The highest BCUT2D eigenvalue weighted by Gasteiger charge is 2.40. The number of benzene rings is 1. The second-order valence-electron chi connectivity index (χ2n) is 7.98. The first kappa shape index (κ1) is 21.9. The zero-order valence-corrected chi connectivity index (χ0v) is 17.7. The number of imidazole rings is 1. The highest BCUT2D eigenvalue weighted by Crippen LogP contribution is 2.44. The maximum atomic E-state index is 13.2. The van der Waals surface area contributed by atoms with Gasteiger partial charge in [0.25, 0.3) is 0 Å². The van der Waals surface area contributed by atoms with Gasteiger partial charge in [-0.2, -0.15) is 13.2 Å². The lowest BCUT2D eigenvalue weighted by Gasteiger charge is -2.43. The number of guanidine groups is 1. The van der Waals surface area contributed by atoms with Crippen LogP contribution in [0.25, 0.3) is 5.82 Å². The quantitative estimate of drug-likeness (QED) is 0.446. The van der Waals surface area contributed by atoms with Crippen molar-refractivity contribution >= 4 is 5.96 Å². The van der Waals surface area contributed by atoms with Gasteiger partial charge in [-0.3, -0.25) is 9.56 Å². The summed E-state index contributed by atoms with van der Waals surface area (Å²) >= 11 is 0. The molecule has 0 saturated heterocycles. The van der Waals surface area contributed by atoms with Gasteiger partial charge in [-0.25, -0.2) is 9.97 Å². The first-order valence-corrected chi connectivity index (χ1v) is 10.5. The molecule has 168 valence electrons. The van der Waals surface area contributed by atoms with Crippen molar-refractivity contribution in [1.29, 1.82) is 0 Å². The van der Waals surface area contributed by atoms with Crippen molar-refractivity contribution in [2.75, 3.05) is 13.6 Å². The van der Waals surface area contributed by atoms with Crippen molar-refractivity contribution in [2.45, 2.75) is 37.4 Å². The molecule has 0 atom stereocenters. The molecular formula is C23H25F3N6. The van der Waals surface area contributed by atoms with E-state index in [0.717, 1.165) is 42.3 Å². The molecule has 9 heteroatoms. The van der Waals surface area contributed by atoms with E-state index in [1.165, 1.54) is 12.1 Å². The average molecular weight is 442 g/mol. The van der Waals surface area contributed by atoms with Gasteiger partial charge in [-0.05, 0) is 42.2 Å². The Balaban J connectivity index is 1.40. The second-order valence-corrected chi connectivity index (χ2v) is 7.98. The fourth-order valence-corrected chi connectivity index (χ4v) is 3.96. The van der Waals surface area contributed by atoms with E-state index in [-0.39, 0.29) is 5.41 Å². The van der Waals surface area contributed by atoms with Crippen molar-refractivity contribution in [2.24, 2.45) is 4.99 Å². The Morgan fingerprint density at radius 3 is 2.66 bits per heavy atom. The lowest BCUT2D eigenvalue weighted by molar-refractivity contribution is -0.137. The fraction of sp³-hybridized carbons (Fsp3) is 0.348. The van der Waals surface area contributed by atoms with E-state index in [4.69, 9.17) is 0 Å². The number of alkyl halides is 3. The third-order valence-electron chi connectivity index (χ3n) is 5.97. The Morgan fingerprint density at radius 2 is 2.00 bits per heavy atom. The first-order chi connectivity index (χ1) is 15.4. The van der Waals surface area contributed by atoms with Crippen LogP contribution in [0.3, 0.4) is 0 Å². The number of halogens is 3. The van der Waals surface area contributed by atoms with Gasteiger partial charge in [-0.1, -0.05) is 24.6 Å². The Hall–Kier alpha value is -3.36. The molecular weight excluding hydrogens is 417 g/mol. The summed E-state index contributed by atoms with van der Waals surface area (Å²) in [6, 6.07) is 9.56. The summed E-state index contributed by atoms with van der Waals surface area (Å²) in [4.78, 5) is 12.7. The van der Waals surface area contributed by atoms with Crippen LogP contribution in [0.5, 0.6) is 0 Å². The fourth-order valence-electron chi connectivity index (χ4n) is 3.96. The van der Waals surface area contributed by atoms with Crippen LogP contribution in [0, 0.1) is 0 Å². The topological polar surface area (TPSA) is 67.1 Å². The summed E-state index contributed by atoms with van der Waals surface area (Å²) in [7, 11) is 1.68. The highest BCUT2D eigenvalue weighted by atomic mass is 19.4. The number of hydrogen-bond donors (Lipinski definition) is 2. The van der Waals surface area contributed by atoms with E-state index in [2.05, 4.69) is 25.6 Å². The van der Waals surface area contributed by atoms with E-state index in [1.54, 1.807) is 31.8 Å². The van der Waals surface area contributed by atoms with Crippen molar-refractivity contribution in [3.05, 3.63) is 78.0 Å². The number of hydrogen-bond acceptors (Lipinski definition) is 3. The molecule has 0 aliphatic heterocycles. The third-order valence-corrected chi connectivity index (χ3v) is 5.97. The van der Waals surface area contributed by atoms with Gasteiger partial charge in [0.05, 0.1) is 5.56 Å². The van der Waals surface area contributed by atoms with Crippen LogP contribution in [0.1, 0.15) is 36.0 Å². The minimum atomic E-state index is -4.34. The summed E-state index contributed by atoms with van der Waals surface area (Å²) in [5, 5.41) is 6.58. The van der Waals surface area contributed by atoms with Crippen molar-refractivity contribution < 1.29 is 13.2 Å². The van der Waals surface area contributed by atoms with Gasteiger partial charge in [0.1, 0.15) is 12.1 Å². The molecule has 1 fully saturated rings. The Morgan fingerprint density at radius 1 is 1.16 bits per heavy atom. The van der Waals surface area contributed by atoms with Gasteiger partial charge in [-0.15, -0.1) is 0 Å². The lowest BCUT2D eigenvalue weighted by Crippen LogP contribution is -2.48. The van der Waals surface area contributed by atoms with Gasteiger partial charge in [0.2, 0.25) is 0 Å². The molecule has 0 unspecified atom stereocenters. The highest BCUT2D eigenvalue weighted by molar-refractivity contribution is 5.79. The van der Waals surface area contributed by atoms with Gasteiger partial charge >= 0.3 is 6.18 Å². The number of rotatable bonds is 6. The number of pyridine rings is 1. The molecule has 1 aromatic carbocycles. The van der Waals surface area contributed by atoms with E-state index < -0.39 is 11.7 Å². The molecule has 1 aliphatic rings. The van der Waals surface area contributed by atoms with E-state index >= 15 is 0 Å². The molecule has 6 nitrogen and oxygen atoms in total. The molecule has 0 radical (unpaired) electrons. The first-order valence-electron chi connectivity index (χ1n) is 10.5. The average Bonchev–Trinajstić information content (AvgIpc) is 3.30. The zero-order chi connectivity index (χ0) is 22.6. The third kappa shape index (κ3) is 4.76. The lowest BCUT2D eigenvalue weighted by atomic mass is 9.64. The predicted octanol–water partition coefficient (Wildman–Crippen LogP) is 4.07. The molecule has 2 aromatic heterocycles. The van der Waals surface area contributed by atoms with Crippen LogP contribution in [0.4, 0.5) is 13.2 Å². The Kier molecular flexibility index (Phi) is 6.16. The number of nitrogens with zero attached hydrogens (tertiary/aromatic N) is 4. The SMILES string of the molecule is CN=C(NCc1ccnc(-n2ccnc2)c1)NCC1(c2cccc(C(F)(F)F)c2)CCC1. The van der Waals surface area contributed by atoms with Crippen LogP contribution in [0.15, 0.2) is 66.3 Å². The van der Waals surface area contributed by atoms with E-state index in [0.29, 0.717) is 19.0 Å². The van der Waals surface area contributed by atoms with Crippen LogP contribution >= 0.6 is 0 Å². The maximum Gasteiger partial charge on any atom is 0.416 e. The summed E-state index contributed by atoms with van der Waals surface area (Å²) in [6.07, 6.45) is 5.29. The monoisotopic (exact) mass is 442 g/mol. The second kappa shape index (κ2) is 9.02. The number of aromatic nitrogens is 3. The smallest absolute Gasteiger partial charge is 0.356 e. The zero-order valence-electron chi connectivity index (χ0n) is 17.7. The van der Waals surface area contributed by atoms with Crippen molar-refractivity contribution in [3.63, 3.8) is 0 Å². The molecule has 2 heterocycles. The number of nitrogens with one attached hydrogen (secondary N) is 2. The minimum absolute atomic E-state index is 0.315. The molecule has 32 heavy (non-hydrogen) atoms. The molecule has 3 aromatic rings. The van der Waals surface area contributed by atoms with Crippen molar-refractivity contribution in [3.8, 4) is 5.82 Å². The molecule has 0 spiro atoms. The summed E-state index contributed by atoms with van der Waals surface area (Å²) in [5.74, 6) is 1.37. The Bertz CT molecular complexity index is 1070. The molecule has 1 saturated carbocycles. The van der Waals surface area contributed by atoms with E-state index in [9.17, 15) is 13.2 Å². The van der Waals surface area contributed by atoms with Crippen molar-refractivity contribution in [1.82, 2.24) is 25.2 Å². The van der Waals surface area contributed by atoms with E-state index in [1.807, 2.05) is 22.9 Å².